The van der Waals surface area contributed by atoms with Crippen molar-refractivity contribution in [3.8, 4) is 22.9 Å². The van der Waals surface area contributed by atoms with Gasteiger partial charge in [-0.2, -0.15) is 4.39 Å². The van der Waals surface area contributed by atoms with Gasteiger partial charge in [-0.15, -0.1) is 0 Å². The van der Waals surface area contributed by atoms with Crippen molar-refractivity contribution >= 4 is 29.3 Å². The Hall–Kier alpha value is -4.87. The number of carbonyl (C=O) groups is 1. The van der Waals surface area contributed by atoms with Crippen LogP contribution < -0.4 is 15.2 Å². The van der Waals surface area contributed by atoms with E-state index in [1.54, 1.807) is 67.9 Å². The smallest absolute Gasteiger partial charge is 0.410 e. The van der Waals surface area contributed by atoms with Gasteiger partial charge in [0.1, 0.15) is 16.9 Å². The van der Waals surface area contributed by atoms with E-state index in [1.165, 1.54) is 19.2 Å². The Morgan fingerprint density at radius 3 is 2.52 bits per heavy atom. The Kier molecular flexibility index (Phi) is 8.61. The second kappa shape index (κ2) is 12.4. The number of ether oxygens (including phenoxy) is 3. The molecule has 0 saturated carbocycles. The lowest BCUT2D eigenvalue weighted by Gasteiger charge is -2.34. The molecule has 0 bridgehead atoms. The summed E-state index contributed by atoms with van der Waals surface area (Å²) in [6.45, 7) is 6.36. The summed E-state index contributed by atoms with van der Waals surface area (Å²) in [6.07, 6.45) is 4.26. The van der Waals surface area contributed by atoms with Crippen LogP contribution in [0.3, 0.4) is 0 Å². The van der Waals surface area contributed by atoms with E-state index in [4.69, 9.17) is 14.2 Å². The Morgan fingerprint density at radius 2 is 1.84 bits per heavy atom. The van der Waals surface area contributed by atoms with E-state index in [0.29, 0.717) is 54.2 Å². The fraction of sp³-hybridized carbons (Fsp3) is 0.375. The quantitative estimate of drug-likeness (QED) is 0.191. The van der Waals surface area contributed by atoms with Crippen LogP contribution >= 0.6 is 0 Å². The molecule has 0 radical (unpaired) electrons. The summed E-state index contributed by atoms with van der Waals surface area (Å²) in [5.41, 5.74) is 0.795. The Labute approximate surface area is 255 Å². The first kappa shape index (κ1) is 30.6. The molecule has 1 amide bonds. The molecular formula is C32H37FN6O5. The average Bonchev–Trinajstić information content (AvgIpc) is 3.29. The second-order valence-corrected chi connectivity index (χ2v) is 11.8. The molecule has 0 aliphatic carbocycles. The molecule has 4 aromatic rings. The van der Waals surface area contributed by atoms with Crippen molar-refractivity contribution in [2.45, 2.75) is 45.3 Å². The fourth-order valence-corrected chi connectivity index (χ4v) is 5.18. The number of hydrogen-bond acceptors (Lipinski definition) is 7. The van der Waals surface area contributed by atoms with Crippen molar-refractivity contribution in [2.24, 2.45) is 4.99 Å². The molecule has 1 saturated heterocycles. The van der Waals surface area contributed by atoms with Gasteiger partial charge in [0, 0.05) is 33.4 Å². The van der Waals surface area contributed by atoms with Crippen molar-refractivity contribution in [3.05, 3.63) is 71.0 Å². The molecule has 3 heterocycles. The molecule has 1 aliphatic rings. The van der Waals surface area contributed by atoms with E-state index in [2.05, 4.69) is 9.98 Å². The first-order valence-corrected chi connectivity index (χ1v) is 14.4. The molecule has 1 fully saturated rings. The van der Waals surface area contributed by atoms with Crippen LogP contribution in [0.5, 0.6) is 17.2 Å². The zero-order valence-electron chi connectivity index (χ0n) is 25.8. The molecule has 232 valence electrons. The van der Waals surface area contributed by atoms with Crippen LogP contribution in [0.15, 0.2) is 64.5 Å². The minimum Gasteiger partial charge on any atom is -0.494 e. The van der Waals surface area contributed by atoms with Gasteiger partial charge in [0.25, 0.3) is 0 Å². The predicted octanol–water partition coefficient (Wildman–Crippen LogP) is 5.92. The Balaban J connectivity index is 1.57. The lowest BCUT2D eigenvalue weighted by molar-refractivity contribution is 0.0173. The molecular weight excluding hydrogens is 567 g/mol. The third kappa shape index (κ3) is 6.38. The van der Waals surface area contributed by atoms with Crippen LogP contribution in [0.4, 0.5) is 15.0 Å². The molecule has 11 nitrogen and oxygen atoms in total. The summed E-state index contributed by atoms with van der Waals surface area (Å²) in [6, 6.07) is 12.9. The molecule has 44 heavy (non-hydrogen) atoms. The van der Waals surface area contributed by atoms with Crippen LogP contribution in [0.2, 0.25) is 0 Å². The highest BCUT2D eigenvalue weighted by atomic mass is 19.1. The van der Waals surface area contributed by atoms with Gasteiger partial charge < -0.3 is 24.0 Å². The number of rotatable bonds is 7. The number of carbonyl (C=O) groups excluding carboxylic acids is 1. The van der Waals surface area contributed by atoms with Crippen molar-refractivity contribution in [1.29, 1.82) is 0 Å². The van der Waals surface area contributed by atoms with Gasteiger partial charge >= 0.3 is 11.8 Å². The summed E-state index contributed by atoms with van der Waals surface area (Å²) in [5.74, 6) is 0.222. The molecule has 1 atom stereocenters. The van der Waals surface area contributed by atoms with Gasteiger partial charge in [-0.1, -0.05) is 6.07 Å². The normalized spacial score (nSPS) is 15.5. The Bertz CT molecular complexity index is 1740. The number of pyridine rings is 1. The lowest BCUT2D eigenvalue weighted by Crippen LogP contribution is -2.45. The number of piperidine rings is 1. The predicted molar refractivity (Wildman–Crippen MR) is 166 cm³/mol. The van der Waals surface area contributed by atoms with Gasteiger partial charge in [0.15, 0.2) is 17.3 Å². The lowest BCUT2D eigenvalue weighted by atomic mass is 10.1. The average molecular weight is 605 g/mol. The van der Waals surface area contributed by atoms with Crippen molar-refractivity contribution in [2.75, 3.05) is 34.3 Å². The molecule has 0 spiro atoms. The number of methoxy groups -OCH3 is 1. The minimum atomic E-state index is -0.629. The zero-order chi connectivity index (χ0) is 31.6. The SMILES string of the molecule is COc1cccc(Oc2ccc(-n3c(=O)n([C@@H]4CCCN(C(=O)OC(C)(C)C)C4)c4ccnc(N=CN(C)C)c43)cc2)c1F. The zero-order valence-corrected chi connectivity index (χ0v) is 25.8. The number of amides is 1. The third-order valence-corrected chi connectivity index (χ3v) is 7.06. The number of imidazole rings is 1. The van der Waals surface area contributed by atoms with Crippen LogP contribution in [0.25, 0.3) is 16.7 Å². The van der Waals surface area contributed by atoms with E-state index in [-0.39, 0.29) is 23.2 Å². The highest BCUT2D eigenvalue weighted by molar-refractivity contribution is 5.88. The maximum atomic E-state index is 14.7. The van der Waals surface area contributed by atoms with Crippen LogP contribution in [-0.4, -0.2) is 76.2 Å². The van der Waals surface area contributed by atoms with Crippen molar-refractivity contribution < 1.29 is 23.4 Å². The van der Waals surface area contributed by atoms with Gasteiger partial charge in [0.2, 0.25) is 5.82 Å². The molecule has 1 aliphatic heterocycles. The van der Waals surface area contributed by atoms with Gasteiger partial charge in [-0.25, -0.2) is 19.6 Å². The highest BCUT2D eigenvalue weighted by Gasteiger charge is 2.31. The summed E-state index contributed by atoms with van der Waals surface area (Å²) >= 11 is 0. The largest absolute Gasteiger partial charge is 0.494 e. The minimum absolute atomic E-state index is 0.0159. The number of halogens is 1. The number of nitrogens with zero attached hydrogens (tertiary/aromatic N) is 6. The number of aromatic nitrogens is 3. The summed E-state index contributed by atoms with van der Waals surface area (Å²) < 4.78 is 34.4. The van der Waals surface area contributed by atoms with E-state index in [1.807, 2.05) is 34.9 Å². The Morgan fingerprint density at radius 1 is 1.11 bits per heavy atom. The van der Waals surface area contributed by atoms with Crippen LogP contribution in [0, 0.1) is 5.82 Å². The first-order valence-electron chi connectivity index (χ1n) is 14.4. The van der Waals surface area contributed by atoms with E-state index >= 15 is 0 Å². The topological polar surface area (TPSA) is 103 Å². The van der Waals surface area contributed by atoms with Crippen LogP contribution in [0.1, 0.15) is 39.7 Å². The first-order chi connectivity index (χ1) is 21.0. The molecule has 12 heteroatoms. The molecule has 2 aromatic carbocycles. The van der Waals surface area contributed by atoms with Crippen molar-refractivity contribution in [1.82, 2.24) is 23.9 Å². The van der Waals surface area contributed by atoms with Gasteiger partial charge in [-0.05, 0) is 76.1 Å². The highest BCUT2D eigenvalue weighted by Crippen LogP contribution is 2.33. The molecule has 0 unspecified atom stereocenters. The maximum absolute atomic E-state index is 14.7. The standard InChI is InChI=1S/C32H37FN6O5/c1-32(2,3)44-31(41)37-18-8-9-22(19-37)38-24-16-17-34-29(35-20-36(4)5)28(24)39(30(38)40)21-12-14-23(15-13-21)43-26-11-7-10-25(42-6)27(26)33/h7,10-17,20,22H,8-9,18-19H2,1-6H3/t22-/m1/s1. The summed E-state index contributed by atoms with van der Waals surface area (Å²) in [4.78, 5) is 39.7. The number of hydrogen-bond donors (Lipinski definition) is 0. The maximum Gasteiger partial charge on any atom is 0.410 e. The summed E-state index contributed by atoms with van der Waals surface area (Å²) in [7, 11) is 5.08. The van der Waals surface area contributed by atoms with E-state index in [9.17, 15) is 14.0 Å². The van der Waals surface area contributed by atoms with Crippen molar-refractivity contribution in [3.63, 3.8) is 0 Å². The molecule has 5 rings (SSSR count). The van der Waals surface area contributed by atoms with E-state index in [0.717, 1.165) is 0 Å². The number of benzene rings is 2. The molecule has 2 aromatic heterocycles. The number of fused-ring (bicyclic) bond motifs is 1. The fourth-order valence-electron chi connectivity index (χ4n) is 5.18. The third-order valence-electron chi connectivity index (χ3n) is 7.06. The molecule has 0 N–H and O–H groups in total. The van der Waals surface area contributed by atoms with Gasteiger partial charge in [-0.3, -0.25) is 9.13 Å². The number of likely N-dealkylation sites (tertiary alicyclic amines) is 1. The monoisotopic (exact) mass is 604 g/mol. The summed E-state index contributed by atoms with van der Waals surface area (Å²) in [5, 5.41) is 0. The second-order valence-electron chi connectivity index (χ2n) is 11.8. The van der Waals surface area contributed by atoms with Crippen LogP contribution in [-0.2, 0) is 4.74 Å². The number of aliphatic imine (C=N–C) groups is 1. The van der Waals surface area contributed by atoms with Gasteiger partial charge in [0.05, 0.1) is 30.7 Å². The van der Waals surface area contributed by atoms with E-state index < -0.39 is 17.5 Å².